The first-order chi connectivity index (χ1) is 24.4. The van der Waals surface area contributed by atoms with Crippen LogP contribution in [0.4, 0.5) is 0 Å². The summed E-state index contributed by atoms with van der Waals surface area (Å²) in [5.74, 6) is -0.957. The molecule has 1 aliphatic heterocycles. The fraction of sp³-hybridized carbons (Fsp3) is 0.556. The van der Waals surface area contributed by atoms with Crippen molar-refractivity contribution in [3.05, 3.63) is 69.1 Å². The van der Waals surface area contributed by atoms with E-state index < -0.39 is 47.8 Å². The molecule has 0 aromatic carbocycles. The zero-order chi connectivity index (χ0) is 38.3. The number of nitrogens with zero attached hydrogens (tertiary/aromatic N) is 4. The molecule has 0 spiro atoms. The van der Waals surface area contributed by atoms with Crippen LogP contribution in [-0.2, 0) is 0 Å². The molecule has 0 fully saturated rings. The number of hydrogen-bond donors (Lipinski definition) is 6. The first kappa shape index (κ1) is 38.0. The van der Waals surface area contributed by atoms with Crippen molar-refractivity contribution in [1.29, 1.82) is 0 Å². The average molecular weight is 719 g/mol. The second kappa shape index (κ2) is 14.8. The lowest BCUT2D eigenvalue weighted by Crippen LogP contribution is -2.35. The van der Waals surface area contributed by atoms with Crippen LogP contribution in [0.3, 0.4) is 0 Å². The first-order valence-corrected chi connectivity index (χ1v) is 17.7. The van der Waals surface area contributed by atoms with Gasteiger partial charge in [0, 0.05) is 11.4 Å². The molecule has 0 unspecified atom stereocenters. The average Bonchev–Trinajstić information content (AvgIpc) is 3.83. The van der Waals surface area contributed by atoms with Crippen molar-refractivity contribution in [3.63, 3.8) is 0 Å². The van der Waals surface area contributed by atoms with E-state index in [0.717, 1.165) is 0 Å². The van der Waals surface area contributed by atoms with Crippen molar-refractivity contribution in [2.75, 3.05) is 0 Å². The van der Waals surface area contributed by atoms with Crippen molar-refractivity contribution in [3.8, 4) is 0 Å². The van der Waals surface area contributed by atoms with Gasteiger partial charge in [0.25, 0.3) is 23.6 Å². The Hall–Kier alpha value is -5.28. The van der Waals surface area contributed by atoms with E-state index in [0.29, 0.717) is 23.0 Å². The number of aromatic nitrogens is 6. The largest absolute Gasteiger partial charge is 0.443 e. The van der Waals surface area contributed by atoms with Crippen LogP contribution in [0.15, 0.2) is 8.83 Å². The van der Waals surface area contributed by atoms with Gasteiger partial charge in [-0.25, -0.2) is 19.9 Å². The molecule has 280 valence electrons. The number of aromatic amines is 2. The first-order valence-electron chi connectivity index (χ1n) is 17.7. The Morgan fingerprint density at radius 3 is 1.04 bits per heavy atom. The molecule has 6 N–H and O–H groups in total. The Morgan fingerprint density at radius 1 is 0.442 bits per heavy atom. The number of carbonyl (C=O) groups is 4. The molecule has 5 rings (SSSR count). The summed E-state index contributed by atoms with van der Waals surface area (Å²) in [6.07, 6.45) is 0. The number of carbonyl (C=O) groups excluding carboxylic acids is 4. The van der Waals surface area contributed by atoms with Gasteiger partial charge in [-0.1, -0.05) is 55.4 Å². The topological polar surface area (TPSA) is 226 Å². The highest BCUT2D eigenvalue weighted by molar-refractivity contribution is 5.96. The molecule has 0 radical (unpaired) electrons. The van der Waals surface area contributed by atoms with Gasteiger partial charge in [-0.05, 0) is 51.4 Å². The molecule has 0 aliphatic carbocycles. The molecule has 5 heterocycles. The zero-order valence-corrected chi connectivity index (χ0v) is 31.9. The number of H-pyrrole nitrogens is 2. The van der Waals surface area contributed by atoms with Gasteiger partial charge in [-0.15, -0.1) is 0 Å². The molecule has 4 atom stereocenters. The van der Waals surface area contributed by atoms with Gasteiger partial charge < -0.3 is 40.1 Å². The quantitative estimate of drug-likeness (QED) is 0.162. The molecule has 4 aromatic rings. The van der Waals surface area contributed by atoms with E-state index in [1.807, 2.05) is 55.4 Å². The van der Waals surface area contributed by atoms with Crippen molar-refractivity contribution in [1.82, 2.24) is 51.2 Å². The summed E-state index contributed by atoms with van der Waals surface area (Å²) in [5, 5.41) is 12.0. The van der Waals surface area contributed by atoms with E-state index in [4.69, 9.17) is 8.83 Å². The van der Waals surface area contributed by atoms with Gasteiger partial charge in [-0.2, -0.15) is 0 Å². The van der Waals surface area contributed by atoms with Crippen LogP contribution in [0.25, 0.3) is 0 Å². The number of nitrogens with one attached hydrogen (secondary N) is 6. The molecule has 16 heteroatoms. The van der Waals surface area contributed by atoms with Gasteiger partial charge in [0.15, 0.2) is 11.4 Å². The predicted octanol–water partition coefficient (Wildman–Crippen LogP) is 5.16. The van der Waals surface area contributed by atoms with E-state index in [9.17, 15) is 19.2 Å². The second-order valence-corrected chi connectivity index (χ2v) is 14.9. The molecule has 0 saturated carbocycles. The Labute approximate surface area is 302 Å². The van der Waals surface area contributed by atoms with Crippen LogP contribution in [0.2, 0.25) is 0 Å². The third-order valence-corrected chi connectivity index (χ3v) is 9.23. The summed E-state index contributed by atoms with van der Waals surface area (Å²) < 4.78 is 12.0. The van der Waals surface area contributed by atoms with Gasteiger partial charge in [0.2, 0.25) is 11.8 Å². The van der Waals surface area contributed by atoms with E-state index in [2.05, 4.69) is 51.2 Å². The number of rotatable bonds is 4. The minimum Gasteiger partial charge on any atom is -0.443 e. The minimum absolute atomic E-state index is 0.0605. The molecule has 4 amide bonds. The highest BCUT2D eigenvalue weighted by Crippen LogP contribution is 2.29. The Bertz CT molecular complexity index is 1700. The number of fused-ring (bicyclic) bond motifs is 8. The summed E-state index contributed by atoms with van der Waals surface area (Å²) in [4.78, 5) is 79.6. The summed E-state index contributed by atoms with van der Waals surface area (Å²) in [6, 6.07) is -2.65. The molecular weight excluding hydrogens is 668 g/mol. The van der Waals surface area contributed by atoms with Crippen LogP contribution < -0.4 is 21.3 Å². The van der Waals surface area contributed by atoms with Crippen LogP contribution in [0.1, 0.15) is 168 Å². The van der Waals surface area contributed by atoms with Crippen molar-refractivity contribution < 1.29 is 28.0 Å². The van der Waals surface area contributed by atoms with Gasteiger partial charge in [0.1, 0.15) is 46.6 Å². The van der Waals surface area contributed by atoms with Crippen LogP contribution >= 0.6 is 0 Å². The van der Waals surface area contributed by atoms with E-state index >= 15 is 0 Å². The lowest BCUT2D eigenvalue weighted by atomic mass is 10.0. The lowest BCUT2D eigenvalue weighted by molar-refractivity contribution is 0.0902. The summed E-state index contributed by atoms with van der Waals surface area (Å²) in [7, 11) is 0. The van der Waals surface area contributed by atoms with E-state index in [1.54, 1.807) is 27.7 Å². The number of hydrogen-bond acceptors (Lipinski definition) is 10. The minimum atomic E-state index is -0.702. The Balaban J connectivity index is 1.62. The Kier molecular flexibility index (Phi) is 10.8. The fourth-order valence-corrected chi connectivity index (χ4v) is 6.19. The maximum Gasteiger partial charge on any atom is 0.274 e. The normalized spacial score (nSPS) is 20.6. The highest BCUT2D eigenvalue weighted by atomic mass is 16.4. The number of oxazole rings is 2. The Morgan fingerprint density at radius 2 is 0.731 bits per heavy atom. The summed E-state index contributed by atoms with van der Waals surface area (Å²) in [6.45, 7) is 22.0. The number of aryl methyl sites for hydroxylation is 4. The van der Waals surface area contributed by atoms with Gasteiger partial charge >= 0.3 is 0 Å². The third kappa shape index (κ3) is 7.51. The van der Waals surface area contributed by atoms with Crippen LogP contribution in [-0.4, -0.2) is 53.5 Å². The maximum atomic E-state index is 13.7. The molecular formula is C36H50N10O6. The summed E-state index contributed by atoms with van der Waals surface area (Å²) >= 11 is 0. The highest BCUT2D eigenvalue weighted by Gasteiger charge is 2.34. The molecule has 52 heavy (non-hydrogen) atoms. The van der Waals surface area contributed by atoms with E-state index in [-0.39, 0.29) is 69.7 Å². The van der Waals surface area contributed by atoms with Gasteiger partial charge in [-0.3, -0.25) is 19.2 Å². The second-order valence-electron chi connectivity index (χ2n) is 14.9. The third-order valence-electron chi connectivity index (χ3n) is 9.23. The number of amides is 4. The molecule has 8 bridgehead atoms. The molecule has 16 nitrogen and oxygen atoms in total. The molecule has 1 aliphatic rings. The zero-order valence-electron chi connectivity index (χ0n) is 31.9. The van der Waals surface area contributed by atoms with Crippen LogP contribution in [0, 0.1) is 51.4 Å². The SMILES string of the molecule is Cc1[nH]c2nc1C(=O)N[C@@H](C(C)C)c1nc(c(C)o1)C(=O)N[C@@H](C(C)C)c1nc(c(C)[nH]1)C(=O)N[C@@H](C(C)C)c1nc(c(C)o1)C(=O)N[C@H]2C(C)C. The summed E-state index contributed by atoms with van der Waals surface area (Å²) in [5.41, 5.74) is 1.39. The van der Waals surface area contributed by atoms with Crippen molar-refractivity contribution in [2.24, 2.45) is 23.7 Å². The fourth-order valence-electron chi connectivity index (χ4n) is 6.19. The maximum absolute atomic E-state index is 13.7. The van der Waals surface area contributed by atoms with Crippen LogP contribution in [0.5, 0.6) is 0 Å². The van der Waals surface area contributed by atoms with Crippen molar-refractivity contribution >= 4 is 23.6 Å². The number of imidazole rings is 2. The van der Waals surface area contributed by atoms with E-state index in [1.165, 1.54) is 0 Å². The predicted molar refractivity (Wildman–Crippen MR) is 189 cm³/mol. The molecule has 4 aromatic heterocycles. The lowest BCUT2D eigenvalue weighted by Gasteiger charge is -2.20. The smallest absolute Gasteiger partial charge is 0.274 e. The molecule has 0 saturated heterocycles. The van der Waals surface area contributed by atoms with Gasteiger partial charge in [0.05, 0.1) is 12.1 Å². The monoisotopic (exact) mass is 718 g/mol. The standard InChI is InChI=1S/C36H50N10O6/c1-13(2)21-29-37-17(9)25(39-29)31(47)43-24(16(7)8)36-46-28(20(12)52-36)34(50)42-22(14(3)4)30-38-18(10)26(40-30)32(48)44-23(15(5)6)35-45-27(19(11)51-35)33(49)41-21/h13-16,21-24H,1-12H3,(H,37,39)(H,38,40)(H,41,49)(H,42,50)(H,43,47)(H,44,48)/t21-,22-,23-,24-/m0/s1. The van der Waals surface area contributed by atoms with Crippen molar-refractivity contribution in [2.45, 2.75) is 107 Å².